The Kier molecular flexibility index (Phi) is 20.3. The first-order valence-corrected chi connectivity index (χ1v) is 5.24. The van der Waals surface area contributed by atoms with Crippen molar-refractivity contribution in [2.45, 2.75) is 19.9 Å². The lowest BCUT2D eigenvalue weighted by Crippen LogP contribution is -1.62. The number of aryl methyl sites for hydroxylation is 1. The Hall–Kier alpha value is 0.0169. The van der Waals surface area contributed by atoms with E-state index in [9.17, 15) is 0 Å². The van der Waals surface area contributed by atoms with E-state index < -0.39 is 0 Å². The fourth-order valence-corrected chi connectivity index (χ4v) is 0.534. The molecule has 0 saturated heterocycles. The first-order valence-electron chi connectivity index (χ1n) is 3.82. The Bertz CT molecular complexity index is 154. The van der Waals surface area contributed by atoms with Crippen molar-refractivity contribution in [1.82, 2.24) is 0 Å². The minimum Gasteiger partial charge on any atom is -0.147 e. The van der Waals surface area contributed by atoms with Crippen LogP contribution in [-0.2, 0) is 0 Å². The summed E-state index contributed by atoms with van der Waals surface area (Å²) in [6.07, 6.45) is 0. The molecule has 0 atom stereocenters. The highest BCUT2D eigenvalue weighted by molar-refractivity contribution is 6.08. The van der Waals surface area contributed by atoms with Crippen molar-refractivity contribution in [3.8, 4) is 0 Å². The normalized spacial score (nSPS) is 6.83. The van der Waals surface area contributed by atoms with Gasteiger partial charge in [-0.25, -0.2) is 0 Å². The van der Waals surface area contributed by atoms with Crippen LogP contribution in [0, 0.1) is 6.92 Å². The van der Waals surface area contributed by atoms with Crippen LogP contribution < -0.4 is 0 Å². The SMILES string of the molecule is CC[SiH3].Cc1ccccc1.Cl.Cl. The third kappa shape index (κ3) is 12.7. The number of rotatable bonds is 0. The maximum Gasteiger partial charge on any atom is 0.00244 e. The molecule has 0 aromatic heterocycles. The first kappa shape index (κ1) is 17.9. The average molecular weight is 225 g/mol. The molecule has 0 nitrogen and oxygen atoms in total. The van der Waals surface area contributed by atoms with E-state index >= 15 is 0 Å². The van der Waals surface area contributed by atoms with Crippen molar-refractivity contribution in [1.29, 1.82) is 0 Å². The van der Waals surface area contributed by atoms with Crippen LogP contribution in [-0.4, -0.2) is 10.2 Å². The predicted octanol–water partition coefficient (Wildman–Crippen LogP) is 2.63. The van der Waals surface area contributed by atoms with Gasteiger partial charge in [-0.2, -0.15) is 0 Å². The Balaban J connectivity index is -0.000000146. The zero-order valence-corrected chi connectivity index (χ0v) is 11.5. The van der Waals surface area contributed by atoms with E-state index in [2.05, 4.69) is 26.0 Å². The topological polar surface area (TPSA) is 0 Å². The van der Waals surface area contributed by atoms with Crippen molar-refractivity contribution in [2.24, 2.45) is 0 Å². The predicted molar refractivity (Wildman–Crippen MR) is 66.1 cm³/mol. The molecular weight excluding hydrogens is 207 g/mol. The van der Waals surface area contributed by atoms with Crippen molar-refractivity contribution >= 4 is 35.1 Å². The second kappa shape index (κ2) is 13.6. The summed E-state index contributed by atoms with van der Waals surface area (Å²) < 4.78 is 0. The van der Waals surface area contributed by atoms with Gasteiger partial charge in [-0.15, -0.1) is 24.8 Å². The molecule has 0 spiro atoms. The van der Waals surface area contributed by atoms with Gasteiger partial charge in [0.15, 0.2) is 0 Å². The molecule has 0 aliphatic heterocycles. The van der Waals surface area contributed by atoms with E-state index in [0.29, 0.717) is 0 Å². The standard InChI is InChI=1S/C7H8.C2H8Si.2ClH/c1-7-5-3-2-4-6-7;1-2-3;;/h2-6H,1H3;2H2,1,3H3;2*1H. The summed E-state index contributed by atoms with van der Waals surface area (Å²) in [5.74, 6) is 0. The van der Waals surface area contributed by atoms with Crippen molar-refractivity contribution in [2.75, 3.05) is 0 Å². The maximum atomic E-state index is 2.19. The third-order valence-electron chi connectivity index (χ3n) is 0.940. The molecule has 3 heteroatoms. The van der Waals surface area contributed by atoms with E-state index in [0.717, 1.165) is 0 Å². The van der Waals surface area contributed by atoms with Crippen LogP contribution >= 0.6 is 24.8 Å². The van der Waals surface area contributed by atoms with Gasteiger partial charge in [-0.05, 0) is 6.92 Å². The second-order valence-electron chi connectivity index (χ2n) is 2.36. The third-order valence-corrected chi connectivity index (χ3v) is 0.940. The van der Waals surface area contributed by atoms with Crippen molar-refractivity contribution in [3.05, 3.63) is 35.9 Å². The Morgan fingerprint density at radius 3 is 1.58 bits per heavy atom. The van der Waals surface area contributed by atoms with Gasteiger partial charge in [0.05, 0.1) is 0 Å². The van der Waals surface area contributed by atoms with E-state index in [-0.39, 0.29) is 24.8 Å². The van der Waals surface area contributed by atoms with Crippen molar-refractivity contribution < 1.29 is 0 Å². The molecular formula is C9H18Cl2Si. The van der Waals surface area contributed by atoms with Crippen molar-refractivity contribution in [3.63, 3.8) is 0 Å². The fraction of sp³-hybridized carbons (Fsp3) is 0.333. The van der Waals surface area contributed by atoms with Crippen LogP contribution in [0.5, 0.6) is 0 Å². The zero-order valence-electron chi connectivity index (χ0n) is 7.91. The Morgan fingerprint density at radius 2 is 1.42 bits per heavy atom. The quantitative estimate of drug-likeness (QED) is 0.595. The number of hydrogen-bond donors (Lipinski definition) is 0. The largest absolute Gasteiger partial charge is 0.147 e. The summed E-state index contributed by atoms with van der Waals surface area (Å²) in [5, 5.41) is 0. The average Bonchev–Trinajstić information content (AvgIpc) is 1.91. The Labute approximate surface area is 91.0 Å². The van der Waals surface area contributed by atoms with Gasteiger partial charge < -0.3 is 0 Å². The molecule has 1 aromatic rings. The molecule has 0 fully saturated rings. The summed E-state index contributed by atoms with van der Waals surface area (Å²) >= 11 is 0. The summed E-state index contributed by atoms with van der Waals surface area (Å²) in [7, 11) is 1.37. The molecule has 0 radical (unpaired) electrons. The molecule has 0 aliphatic rings. The van der Waals surface area contributed by atoms with Gasteiger partial charge in [0.25, 0.3) is 0 Å². The minimum absolute atomic E-state index is 0. The monoisotopic (exact) mass is 224 g/mol. The summed E-state index contributed by atoms with van der Waals surface area (Å²) in [6, 6.07) is 11.7. The van der Waals surface area contributed by atoms with E-state index in [1.54, 1.807) is 0 Å². The molecule has 0 amide bonds. The second-order valence-corrected chi connectivity index (χ2v) is 3.78. The molecule has 0 saturated carbocycles. The fourth-order valence-electron chi connectivity index (χ4n) is 0.534. The molecule has 0 heterocycles. The van der Waals surface area contributed by atoms with Crippen LogP contribution in [0.1, 0.15) is 12.5 Å². The number of halogens is 2. The Morgan fingerprint density at radius 1 is 1.08 bits per heavy atom. The van der Waals surface area contributed by atoms with E-state index in [1.165, 1.54) is 21.9 Å². The van der Waals surface area contributed by atoms with E-state index in [4.69, 9.17) is 0 Å². The first-order chi connectivity index (χ1) is 4.81. The highest BCUT2D eigenvalue weighted by Gasteiger charge is 1.72. The smallest absolute Gasteiger partial charge is 0.00244 e. The van der Waals surface area contributed by atoms with Gasteiger partial charge in [-0.1, -0.05) is 48.9 Å². The maximum absolute atomic E-state index is 2.19. The van der Waals surface area contributed by atoms with Crippen LogP contribution in [0.2, 0.25) is 6.04 Å². The molecule has 72 valence electrons. The number of benzene rings is 1. The lowest BCUT2D eigenvalue weighted by molar-refractivity contribution is 1.48. The molecule has 1 rings (SSSR count). The molecule has 0 bridgehead atoms. The van der Waals surface area contributed by atoms with E-state index in [1.807, 2.05) is 18.2 Å². The summed E-state index contributed by atoms with van der Waals surface area (Å²) in [4.78, 5) is 0. The molecule has 0 N–H and O–H groups in total. The summed E-state index contributed by atoms with van der Waals surface area (Å²) in [6.45, 7) is 4.27. The van der Waals surface area contributed by atoms with Gasteiger partial charge in [0.2, 0.25) is 0 Å². The van der Waals surface area contributed by atoms with Crippen LogP contribution in [0.3, 0.4) is 0 Å². The van der Waals surface area contributed by atoms with Gasteiger partial charge in [-0.3, -0.25) is 0 Å². The van der Waals surface area contributed by atoms with Crippen LogP contribution in [0.25, 0.3) is 0 Å². The zero-order chi connectivity index (χ0) is 7.82. The molecule has 0 unspecified atom stereocenters. The lowest BCUT2D eigenvalue weighted by Gasteiger charge is -1.82. The lowest BCUT2D eigenvalue weighted by atomic mass is 10.2. The molecule has 0 aliphatic carbocycles. The van der Waals surface area contributed by atoms with Crippen LogP contribution in [0.15, 0.2) is 30.3 Å². The highest BCUT2D eigenvalue weighted by Crippen LogP contribution is 1.92. The molecule has 1 aromatic carbocycles. The van der Waals surface area contributed by atoms with Gasteiger partial charge in [0.1, 0.15) is 0 Å². The highest BCUT2D eigenvalue weighted by atomic mass is 35.5. The van der Waals surface area contributed by atoms with Gasteiger partial charge >= 0.3 is 0 Å². The van der Waals surface area contributed by atoms with Gasteiger partial charge in [0, 0.05) is 10.2 Å². The number of hydrogen-bond acceptors (Lipinski definition) is 0. The minimum atomic E-state index is 0. The molecule has 12 heavy (non-hydrogen) atoms. The summed E-state index contributed by atoms with van der Waals surface area (Å²) in [5.41, 5.74) is 1.32. The van der Waals surface area contributed by atoms with Crippen LogP contribution in [0.4, 0.5) is 0 Å².